The molecule has 0 aromatic heterocycles. The average molecular weight is 344 g/mol. The van der Waals surface area contributed by atoms with Crippen LogP contribution in [0.2, 0.25) is 26.2 Å². The lowest BCUT2D eigenvalue weighted by Gasteiger charge is -2.35. The summed E-state index contributed by atoms with van der Waals surface area (Å²) in [5.41, 5.74) is 10.8. The van der Waals surface area contributed by atoms with Gasteiger partial charge in [0.25, 0.3) is 0 Å². The molecule has 0 aliphatic rings. The Morgan fingerprint density at radius 1 is 0.696 bits per heavy atom. The van der Waals surface area contributed by atoms with Crippen molar-refractivity contribution in [2.24, 2.45) is 0 Å². The lowest BCUT2D eigenvalue weighted by molar-refractivity contribution is 0.573. The molecule has 2 nitrogen and oxygen atoms in total. The predicted octanol–water partition coefficient (Wildman–Crippen LogP) is 3.74. The molecule has 0 aliphatic carbocycles. The van der Waals surface area contributed by atoms with Gasteiger partial charge in [0.05, 0.1) is 0 Å². The van der Waals surface area contributed by atoms with Crippen LogP contribution in [0, 0.1) is 20.8 Å². The third kappa shape index (κ3) is 3.94. The standard InChI is InChI=1S/C19H29NOSi2/c1-14-8-10-17(12-16(14)3)22(4,5)21-23(6,7)18-11-9-15(2)19(20)13-18/h8-13H,20H2,1-7H3. The van der Waals surface area contributed by atoms with E-state index in [4.69, 9.17) is 9.85 Å². The van der Waals surface area contributed by atoms with Gasteiger partial charge in [-0.25, -0.2) is 0 Å². The number of hydrogen-bond acceptors (Lipinski definition) is 2. The normalized spacial score (nSPS) is 12.5. The number of nitrogen functional groups attached to an aromatic ring is 1. The van der Waals surface area contributed by atoms with E-state index in [0.717, 1.165) is 11.3 Å². The fourth-order valence-corrected chi connectivity index (χ4v) is 11.0. The van der Waals surface area contributed by atoms with Gasteiger partial charge in [0, 0.05) is 5.69 Å². The summed E-state index contributed by atoms with van der Waals surface area (Å²) in [5, 5.41) is 2.63. The van der Waals surface area contributed by atoms with E-state index < -0.39 is 16.6 Å². The Bertz CT molecular complexity index is 662. The molecule has 0 aliphatic heterocycles. The fraction of sp³-hybridized carbons (Fsp3) is 0.368. The van der Waals surface area contributed by atoms with Crippen LogP contribution in [0.1, 0.15) is 16.7 Å². The molecule has 2 aromatic rings. The Balaban J connectivity index is 2.33. The Kier molecular flexibility index (Phi) is 4.90. The molecule has 0 fully saturated rings. The van der Waals surface area contributed by atoms with Gasteiger partial charge in [0.15, 0.2) is 0 Å². The molecular formula is C19H29NOSi2. The maximum absolute atomic E-state index is 6.81. The summed E-state index contributed by atoms with van der Waals surface area (Å²) in [4.78, 5) is 0. The molecule has 23 heavy (non-hydrogen) atoms. The number of nitrogens with two attached hydrogens (primary N) is 1. The lowest BCUT2D eigenvalue weighted by atomic mass is 10.1. The molecule has 0 saturated heterocycles. The van der Waals surface area contributed by atoms with Crippen LogP contribution in [-0.2, 0) is 4.12 Å². The van der Waals surface area contributed by atoms with Gasteiger partial charge in [-0.2, -0.15) is 0 Å². The minimum atomic E-state index is -2.00. The third-order valence-electron chi connectivity index (χ3n) is 4.69. The molecule has 2 aromatic carbocycles. The van der Waals surface area contributed by atoms with Crippen molar-refractivity contribution in [2.75, 3.05) is 5.73 Å². The fourth-order valence-electron chi connectivity index (χ4n) is 2.89. The summed E-state index contributed by atoms with van der Waals surface area (Å²) >= 11 is 0. The van der Waals surface area contributed by atoms with Crippen molar-refractivity contribution >= 4 is 32.7 Å². The van der Waals surface area contributed by atoms with Crippen LogP contribution in [0.15, 0.2) is 36.4 Å². The van der Waals surface area contributed by atoms with Crippen LogP contribution in [-0.4, -0.2) is 16.6 Å². The van der Waals surface area contributed by atoms with Gasteiger partial charge in [-0.1, -0.05) is 30.3 Å². The topological polar surface area (TPSA) is 35.2 Å². The van der Waals surface area contributed by atoms with Crippen LogP contribution in [0.25, 0.3) is 0 Å². The molecule has 0 unspecified atom stereocenters. The summed E-state index contributed by atoms with van der Waals surface area (Å²) in [5.74, 6) is 0. The van der Waals surface area contributed by atoms with E-state index in [1.807, 2.05) is 6.92 Å². The Morgan fingerprint density at radius 2 is 1.17 bits per heavy atom. The Morgan fingerprint density at radius 3 is 1.65 bits per heavy atom. The van der Waals surface area contributed by atoms with Crippen LogP contribution < -0.4 is 16.1 Å². The van der Waals surface area contributed by atoms with Gasteiger partial charge in [0.1, 0.15) is 0 Å². The van der Waals surface area contributed by atoms with Crippen molar-refractivity contribution in [1.29, 1.82) is 0 Å². The van der Waals surface area contributed by atoms with E-state index in [-0.39, 0.29) is 0 Å². The highest BCUT2D eigenvalue weighted by Crippen LogP contribution is 2.18. The average Bonchev–Trinajstić information content (AvgIpc) is 2.43. The summed E-state index contributed by atoms with van der Waals surface area (Å²) in [7, 11) is -3.96. The highest BCUT2D eigenvalue weighted by molar-refractivity contribution is 6.96. The van der Waals surface area contributed by atoms with Crippen molar-refractivity contribution < 1.29 is 4.12 Å². The lowest BCUT2D eigenvalue weighted by Crippen LogP contribution is -2.57. The number of hydrogen-bond donors (Lipinski definition) is 1. The second-order valence-electron chi connectivity index (χ2n) is 7.49. The molecule has 0 radical (unpaired) electrons. The molecule has 2 rings (SSSR count). The second-order valence-corrected chi connectivity index (χ2v) is 15.5. The first kappa shape index (κ1) is 18.0. The molecule has 4 heteroatoms. The van der Waals surface area contributed by atoms with Crippen LogP contribution in [0.5, 0.6) is 0 Å². The van der Waals surface area contributed by atoms with Crippen LogP contribution in [0.3, 0.4) is 0 Å². The van der Waals surface area contributed by atoms with Crippen molar-refractivity contribution in [2.45, 2.75) is 47.0 Å². The van der Waals surface area contributed by atoms with E-state index in [1.54, 1.807) is 0 Å². The SMILES string of the molecule is Cc1ccc([Si](C)(C)O[Si](C)(C)c2ccc(C)c(N)c2)cc1C. The maximum Gasteiger partial charge on any atom is 0.206 e. The zero-order valence-electron chi connectivity index (χ0n) is 15.4. The second kappa shape index (κ2) is 6.26. The van der Waals surface area contributed by atoms with Crippen molar-refractivity contribution in [3.63, 3.8) is 0 Å². The van der Waals surface area contributed by atoms with Gasteiger partial charge in [0.2, 0.25) is 16.6 Å². The van der Waals surface area contributed by atoms with E-state index >= 15 is 0 Å². The number of anilines is 1. The molecule has 0 bridgehead atoms. The largest absolute Gasteiger partial charge is 0.449 e. The summed E-state index contributed by atoms with van der Waals surface area (Å²) in [6.07, 6.45) is 0. The van der Waals surface area contributed by atoms with Crippen molar-refractivity contribution in [1.82, 2.24) is 0 Å². The van der Waals surface area contributed by atoms with Gasteiger partial charge < -0.3 is 9.85 Å². The number of benzene rings is 2. The summed E-state index contributed by atoms with van der Waals surface area (Å²) in [6.45, 7) is 15.5. The molecule has 0 amide bonds. The predicted molar refractivity (Wildman–Crippen MR) is 107 cm³/mol. The number of aryl methyl sites for hydroxylation is 3. The van der Waals surface area contributed by atoms with Gasteiger partial charge in [-0.3, -0.25) is 0 Å². The molecule has 0 heterocycles. The van der Waals surface area contributed by atoms with E-state index in [9.17, 15) is 0 Å². The Labute approximate surface area is 143 Å². The molecule has 0 spiro atoms. The first-order chi connectivity index (χ1) is 10.5. The zero-order chi connectivity index (χ0) is 17.4. The smallest absolute Gasteiger partial charge is 0.206 e. The summed E-state index contributed by atoms with van der Waals surface area (Å²) < 4.78 is 6.81. The van der Waals surface area contributed by atoms with Crippen LogP contribution >= 0.6 is 0 Å². The van der Waals surface area contributed by atoms with E-state index in [0.29, 0.717) is 0 Å². The zero-order valence-corrected chi connectivity index (χ0v) is 17.4. The molecule has 0 saturated carbocycles. The number of rotatable bonds is 4. The van der Waals surface area contributed by atoms with Crippen molar-refractivity contribution in [3.05, 3.63) is 53.1 Å². The first-order valence-corrected chi connectivity index (χ1v) is 14.0. The van der Waals surface area contributed by atoms with Crippen molar-refractivity contribution in [3.8, 4) is 0 Å². The van der Waals surface area contributed by atoms with E-state index in [1.165, 1.54) is 21.5 Å². The third-order valence-corrected chi connectivity index (χ3v) is 12.2. The van der Waals surface area contributed by atoms with Gasteiger partial charge in [-0.05, 0) is 80.1 Å². The van der Waals surface area contributed by atoms with E-state index in [2.05, 4.69) is 76.4 Å². The molecule has 0 atom stereocenters. The first-order valence-electron chi connectivity index (χ1n) is 8.17. The molecule has 124 valence electrons. The minimum Gasteiger partial charge on any atom is -0.449 e. The highest BCUT2D eigenvalue weighted by atomic mass is 28.4. The maximum atomic E-state index is 6.81. The monoisotopic (exact) mass is 343 g/mol. The molecule has 2 N–H and O–H groups in total. The van der Waals surface area contributed by atoms with Gasteiger partial charge >= 0.3 is 0 Å². The molecular weight excluding hydrogens is 314 g/mol. The summed E-state index contributed by atoms with van der Waals surface area (Å²) in [6, 6.07) is 13.1. The minimum absolute atomic E-state index is 0.859. The van der Waals surface area contributed by atoms with Gasteiger partial charge in [-0.15, -0.1) is 0 Å². The Hall–Kier alpha value is -1.37. The van der Waals surface area contributed by atoms with Crippen LogP contribution in [0.4, 0.5) is 5.69 Å². The quantitative estimate of drug-likeness (QED) is 0.678. The highest BCUT2D eigenvalue weighted by Gasteiger charge is 2.36.